The zero-order valence-electron chi connectivity index (χ0n) is 16.6. The third-order valence-corrected chi connectivity index (χ3v) is 4.39. The van der Waals surface area contributed by atoms with Gasteiger partial charge in [0, 0.05) is 6.54 Å². The van der Waals surface area contributed by atoms with Gasteiger partial charge < -0.3 is 14.8 Å². The highest BCUT2D eigenvalue weighted by molar-refractivity contribution is 5.76. The van der Waals surface area contributed by atoms with Crippen LogP contribution < -0.4 is 25.2 Å². The number of benzene rings is 3. The number of rotatable bonds is 8. The number of hydrogen-bond acceptors (Lipinski definition) is 4. The summed E-state index contributed by atoms with van der Waals surface area (Å²) in [5.41, 5.74) is 5.83. The zero-order chi connectivity index (χ0) is 20.5. The third-order valence-electron chi connectivity index (χ3n) is 4.39. The highest BCUT2D eigenvalue weighted by Gasteiger charge is 2.11. The zero-order valence-corrected chi connectivity index (χ0v) is 16.6. The minimum Gasteiger partial charge on any atom is -0.493 e. The predicted molar refractivity (Wildman–Crippen MR) is 114 cm³/mol. The molecule has 0 fully saturated rings. The van der Waals surface area contributed by atoms with E-state index in [4.69, 9.17) is 9.47 Å². The lowest BCUT2D eigenvalue weighted by atomic mass is 10.2. The van der Waals surface area contributed by atoms with E-state index in [1.54, 1.807) is 14.2 Å². The molecular formula is C23H25N3O3. The molecule has 3 aromatic rings. The summed E-state index contributed by atoms with van der Waals surface area (Å²) in [5, 5.41) is 4.70. The van der Waals surface area contributed by atoms with E-state index in [2.05, 4.69) is 10.7 Å². The maximum atomic E-state index is 12.5. The molecule has 0 radical (unpaired) electrons. The fraction of sp³-hybridized carbons (Fsp3) is 0.174. The number of nitrogens with zero attached hydrogens (tertiary/aromatic N) is 1. The lowest BCUT2D eigenvalue weighted by Gasteiger charge is -2.25. The van der Waals surface area contributed by atoms with Crippen molar-refractivity contribution in [3.63, 3.8) is 0 Å². The molecule has 0 aliphatic heterocycles. The van der Waals surface area contributed by atoms with Crippen molar-refractivity contribution in [1.82, 2.24) is 10.7 Å². The fourth-order valence-corrected chi connectivity index (χ4v) is 2.90. The maximum Gasteiger partial charge on any atom is 0.333 e. The number of para-hydroxylation sites is 1. The lowest BCUT2D eigenvalue weighted by molar-refractivity contribution is 0.239. The van der Waals surface area contributed by atoms with E-state index in [1.165, 1.54) is 0 Å². The summed E-state index contributed by atoms with van der Waals surface area (Å²) in [6.45, 7) is 0.911. The van der Waals surface area contributed by atoms with Crippen LogP contribution in [0.4, 0.5) is 10.5 Å². The number of hydrogen-bond donors (Lipinski definition) is 2. The van der Waals surface area contributed by atoms with Crippen molar-refractivity contribution in [3.05, 3.63) is 90.0 Å². The average Bonchev–Trinajstić information content (AvgIpc) is 2.78. The normalized spacial score (nSPS) is 10.1. The maximum absolute atomic E-state index is 12.5. The Bertz CT molecular complexity index is 917. The van der Waals surface area contributed by atoms with Crippen molar-refractivity contribution in [1.29, 1.82) is 0 Å². The molecular weight excluding hydrogens is 366 g/mol. The van der Waals surface area contributed by atoms with Crippen molar-refractivity contribution in [2.45, 2.75) is 13.1 Å². The Balaban J connectivity index is 1.65. The molecule has 0 aromatic heterocycles. The second-order valence-corrected chi connectivity index (χ2v) is 6.39. The monoisotopic (exact) mass is 391 g/mol. The number of urea groups is 1. The van der Waals surface area contributed by atoms with Gasteiger partial charge in [-0.15, -0.1) is 0 Å². The van der Waals surface area contributed by atoms with Gasteiger partial charge in [0.25, 0.3) is 0 Å². The van der Waals surface area contributed by atoms with Crippen LogP contribution in [0.3, 0.4) is 0 Å². The molecule has 29 heavy (non-hydrogen) atoms. The smallest absolute Gasteiger partial charge is 0.333 e. The molecule has 6 heteroatoms. The molecule has 150 valence electrons. The highest BCUT2D eigenvalue weighted by Crippen LogP contribution is 2.27. The van der Waals surface area contributed by atoms with E-state index in [-0.39, 0.29) is 6.03 Å². The Kier molecular flexibility index (Phi) is 6.95. The molecule has 0 bridgehead atoms. The summed E-state index contributed by atoms with van der Waals surface area (Å²) >= 11 is 0. The van der Waals surface area contributed by atoms with Crippen molar-refractivity contribution >= 4 is 11.7 Å². The summed E-state index contributed by atoms with van der Waals surface area (Å²) < 4.78 is 10.6. The van der Waals surface area contributed by atoms with Crippen LogP contribution >= 0.6 is 0 Å². The average molecular weight is 391 g/mol. The van der Waals surface area contributed by atoms with Gasteiger partial charge >= 0.3 is 6.03 Å². The van der Waals surface area contributed by atoms with E-state index in [9.17, 15) is 4.79 Å². The van der Waals surface area contributed by atoms with Crippen LogP contribution in [0.1, 0.15) is 11.1 Å². The van der Waals surface area contributed by atoms with E-state index in [0.717, 1.165) is 16.8 Å². The summed E-state index contributed by atoms with van der Waals surface area (Å²) in [4.78, 5) is 12.5. The van der Waals surface area contributed by atoms with Gasteiger partial charge in [0.05, 0.1) is 26.5 Å². The van der Waals surface area contributed by atoms with Crippen LogP contribution in [-0.2, 0) is 13.1 Å². The summed E-state index contributed by atoms with van der Waals surface area (Å²) in [7, 11) is 3.18. The van der Waals surface area contributed by atoms with Crippen LogP contribution in [0.5, 0.6) is 11.5 Å². The second-order valence-electron chi connectivity index (χ2n) is 6.39. The Labute approximate surface area is 171 Å². The summed E-state index contributed by atoms with van der Waals surface area (Å²) in [6, 6.07) is 25.0. The van der Waals surface area contributed by atoms with Crippen LogP contribution in [0, 0.1) is 0 Å². The minimum absolute atomic E-state index is 0.292. The second kappa shape index (κ2) is 10.0. The molecule has 0 saturated carbocycles. The molecule has 0 spiro atoms. The quantitative estimate of drug-likeness (QED) is 0.567. The first-order chi connectivity index (χ1) is 14.2. The number of anilines is 1. The Morgan fingerprint density at radius 1 is 0.828 bits per heavy atom. The lowest BCUT2D eigenvalue weighted by Crippen LogP contribution is -2.47. The summed E-state index contributed by atoms with van der Waals surface area (Å²) in [6.07, 6.45) is 0. The topological polar surface area (TPSA) is 62.8 Å². The fourth-order valence-electron chi connectivity index (χ4n) is 2.90. The van der Waals surface area contributed by atoms with E-state index in [1.807, 2.05) is 83.9 Å². The molecule has 0 heterocycles. The molecule has 0 atom stereocenters. The van der Waals surface area contributed by atoms with Crippen molar-refractivity contribution in [2.24, 2.45) is 0 Å². The van der Waals surface area contributed by atoms with Gasteiger partial charge in [0.15, 0.2) is 11.5 Å². The number of ether oxygens (including phenoxy) is 2. The summed E-state index contributed by atoms with van der Waals surface area (Å²) in [5.74, 6) is 1.28. The van der Waals surface area contributed by atoms with E-state index >= 15 is 0 Å². The van der Waals surface area contributed by atoms with Gasteiger partial charge in [-0.05, 0) is 35.4 Å². The number of carbonyl (C=O) groups is 1. The largest absolute Gasteiger partial charge is 0.493 e. The predicted octanol–water partition coefficient (Wildman–Crippen LogP) is 4.12. The van der Waals surface area contributed by atoms with Crippen molar-refractivity contribution in [3.8, 4) is 11.5 Å². The Hall–Kier alpha value is -3.67. The third kappa shape index (κ3) is 5.65. The molecule has 6 nitrogen and oxygen atoms in total. The van der Waals surface area contributed by atoms with Crippen molar-refractivity contribution < 1.29 is 14.3 Å². The molecule has 0 aliphatic rings. The molecule has 3 aromatic carbocycles. The highest BCUT2D eigenvalue weighted by atomic mass is 16.5. The van der Waals surface area contributed by atoms with Crippen LogP contribution in [0.2, 0.25) is 0 Å². The first kappa shape index (κ1) is 20.1. The first-order valence-corrected chi connectivity index (χ1v) is 9.31. The van der Waals surface area contributed by atoms with E-state index in [0.29, 0.717) is 24.6 Å². The molecule has 0 unspecified atom stereocenters. The number of nitrogens with one attached hydrogen (secondary N) is 2. The SMILES string of the molecule is COc1ccc(CNC(=O)NN(Cc2ccccc2)c2ccccc2)cc1OC. The Morgan fingerprint density at radius 3 is 2.14 bits per heavy atom. The first-order valence-electron chi connectivity index (χ1n) is 9.31. The van der Waals surface area contributed by atoms with Crippen LogP contribution in [0.25, 0.3) is 0 Å². The van der Waals surface area contributed by atoms with Gasteiger partial charge in [-0.3, -0.25) is 5.01 Å². The standard InChI is InChI=1S/C23H25N3O3/c1-28-21-14-13-19(15-22(21)29-2)16-24-23(27)25-26(20-11-7-4-8-12-20)17-18-9-5-3-6-10-18/h3-15H,16-17H2,1-2H3,(H2,24,25,27). The van der Waals surface area contributed by atoms with Crippen molar-refractivity contribution in [2.75, 3.05) is 19.2 Å². The number of hydrazine groups is 1. The molecule has 3 rings (SSSR count). The van der Waals surface area contributed by atoms with Gasteiger partial charge in [-0.25, -0.2) is 10.2 Å². The van der Waals surface area contributed by atoms with Crippen LogP contribution in [-0.4, -0.2) is 20.3 Å². The van der Waals surface area contributed by atoms with E-state index < -0.39 is 0 Å². The van der Waals surface area contributed by atoms with Crippen LogP contribution in [0.15, 0.2) is 78.9 Å². The van der Waals surface area contributed by atoms with Gasteiger partial charge in [0.2, 0.25) is 0 Å². The molecule has 2 N–H and O–H groups in total. The number of methoxy groups -OCH3 is 2. The molecule has 0 saturated heterocycles. The minimum atomic E-state index is -0.292. The number of amides is 2. The van der Waals surface area contributed by atoms with Gasteiger partial charge in [0.1, 0.15) is 0 Å². The Morgan fingerprint density at radius 2 is 1.48 bits per heavy atom. The van der Waals surface area contributed by atoms with Gasteiger partial charge in [-0.2, -0.15) is 0 Å². The molecule has 0 aliphatic carbocycles. The molecule has 2 amide bonds. The van der Waals surface area contributed by atoms with Gasteiger partial charge in [-0.1, -0.05) is 54.6 Å². The number of carbonyl (C=O) groups excluding carboxylic acids is 1.